The van der Waals surface area contributed by atoms with E-state index in [-0.39, 0.29) is 30.0 Å². The summed E-state index contributed by atoms with van der Waals surface area (Å²) in [6, 6.07) is 17.2. The van der Waals surface area contributed by atoms with Gasteiger partial charge in [0.15, 0.2) is 5.79 Å². The number of piperidine rings is 1. The summed E-state index contributed by atoms with van der Waals surface area (Å²) in [7, 11) is 0. The Kier molecular flexibility index (Phi) is 8.35. The van der Waals surface area contributed by atoms with E-state index in [1.165, 1.54) is 6.08 Å². The van der Waals surface area contributed by atoms with Gasteiger partial charge in [0, 0.05) is 27.5 Å². The molecule has 2 aromatic carbocycles. The number of carbonyl (C=O) groups is 1. The Hall–Kier alpha value is -2.36. The van der Waals surface area contributed by atoms with Gasteiger partial charge in [-0.15, -0.1) is 0 Å². The molecule has 2 aliphatic rings. The zero-order valence-corrected chi connectivity index (χ0v) is 23.3. The molecule has 2 saturated heterocycles. The van der Waals surface area contributed by atoms with Crippen molar-refractivity contribution >= 4 is 29.1 Å². The first-order valence-electron chi connectivity index (χ1n) is 12.8. The highest BCUT2D eigenvalue weighted by Crippen LogP contribution is 2.53. The fourth-order valence-corrected chi connectivity index (χ4v) is 6.20. The first-order chi connectivity index (χ1) is 17.6. The quantitative estimate of drug-likeness (QED) is 0.342. The largest absolute Gasteiger partial charge is 0.348 e. The van der Waals surface area contributed by atoms with Gasteiger partial charge in [-0.2, -0.15) is 5.26 Å². The molecule has 4 rings (SSSR count). The van der Waals surface area contributed by atoms with Crippen LogP contribution in [0.4, 0.5) is 0 Å². The molecular formula is C30H34Cl2N2O3. The SMILES string of the molecule is CCC(C=CC#N)N1C(=O)[C@@](C)(CC2COC(C)(C)O2)C[C@H](c2cccc(Cl)c2)[C@H]1c1ccc(Cl)cc1. The normalized spacial score (nSPS) is 28.4. The lowest BCUT2D eigenvalue weighted by Crippen LogP contribution is -2.56. The molecular weight excluding hydrogens is 507 g/mol. The highest BCUT2D eigenvalue weighted by Gasteiger charge is 2.52. The molecule has 1 amide bonds. The number of amides is 1. The van der Waals surface area contributed by atoms with Crippen LogP contribution in [0.1, 0.15) is 70.0 Å². The molecule has 0 radical (unpaired) electrons. The number of allylic oxidation sites excluding steroid dienone is 1. The minimum absolute atomic E-state index is 0.0394. The van der Waals surface area contributed by atoms with Crippen LogP contribution in [-0.4, -0.2) is 35.3 Å². The topological polar surface area (TPSA) is 62.6 Å². The van der Waals surface area contributed by atoms with Gasteiger partial charge in [-0.25, -0.2) is 0 Å². The summed E-state index contributed by atoms with van der Waals surface area (Å²) in [5, 5.41) is 10.6. The summed E-state index contributed by atoms with van der Waals surface area (Å²) in [6.07, 6.45) is 4.94. The predicted octanol–water partition coefficient (Wildman–Crippen LogP) is 7.46. The number of nitriles is 1. The van der Waals surface area contributed by atoms with Crippen LogP contribution < -0.4 is 0 Å². The van der Waals surface area contributed by atoms with Crippen LogP contribution in [-0.2, 0) is 14.3 Å². The van der Waals surface area contributed by atoms with E-state index in [1.54, 1.807) is 0 Å². The van der Waals surface area contributed by atoms with Crippen LogP contribution in [0.2, 0.25) is 10.0 Å². The third-order valence-corrected chi connectivity index (χ3v) is 7.99. The fraction of sp³-hybridized carbons (Fsp3) is 0.467. The Morgan fingerprint density at radius 3 is 2.46 bits per heavy atom. The molecule has 0 aromatic heterocycles. The monoisotopic (exact) mass is 540 g/mol. The van der Waals surface area contributed by atoms with Crippen molar-refractivity contribution in [3.8, 4) is 6.07 Å². The van der Waals surface area contributed by atoms with Crippen molar-refractivity contribution in [2.45, 2.75) is 76.9 Å². The molecule has 5 nitrogen and oxygen atoms in total. The Labute approximate surface area is 230 Å². The van der Waals surface area contributed by atoms with Gasteiger partial charge in [-0.05, 0) is 68.5 Å². The molecule has 2 fully saturated rings. The summed E-state index contributed by atoms with van der Waals surface area (Å²) in [4.78, 5) is 16.5. The van der Waals surface area contributed by atoms with E-state index in [9.17, 15) is 10.1 Å². The molecule has 2 unspecified atom stereocenters. The van der Waals surface area contributed by atoms with Crippen molar-refractivity contribution in [3.63, 3.8) is 0 Å². The third kappa shape index (κ3) is 6.04. The molecule has 2 aliphatic heterocycles. The number of nitrogens with zero attached hydrogens (tertiary/aromatic N) is 2. The lowest BCUT2D eigenvalue weighted by molar-refractivity contribution is -0.161. The Morgan fingerprint density at radius 1 is 1.14 bits per heavy atom. The first-order valence-corrected chi connectivity index (χ1v) is 13.5. The fourth-order valence-electron chi connectivity index (χ4n) is 5.88. The van der Waals surface area contributed by atoms with Gasteiger partial charge >= 0.3 is 0 Å². The summed E-state index contributed by atoms with van der Waals surface area (Å²) < 4.78 is 12.0. The Balaban J connectivity index is 1.85. The van der Waals surface area contributed by atoms with Crippen molar-refractivity contribution in [1.82, 2.24) is 4.90 Å². The third-order valence-electron chi connectivity index (χ3n) is 7.50. The molecule has 5 atom stereocenters. The summed E-state index contributed by atoms with van der Waals surface area (Å²) in [5.41, 5.74) is 1.35. The van der Waals surface area contributed by atoms with Crippen LogP contribution in [0.3, 0.4) is 0 Å². The zero-order valence-electron chi connectivity index (χ0n) is 21.8. The average molecular weight is 542 g/mol. The number of hydrogen-bond donors (Lipinski definition) is 0. The van der Waals surface area contributed by atoms with Crippen LogP contribution in [0.5, 0.6) is 0 Å². The number of ether oxygens (including phenoxy) is 2. The van der Waals surface area contributed by atoms with E-state index < -0.39 is 11.2 Å². The second kappa shape index (κ2) is 11.2. The number of benzene rings is 2. The average Bonchev–Trinajstić information content (AvgIpc) is 3.20. The van der Waals surface area contributed by atoms with Crippen molar-refractivity contribution in [2.24, 2.45) is 5.41 Å². The molecule has 37 heavy (non-hydrogen) atoms. The molecule has 0 aliphatic carbocycles. The predicted molar refractivity (Wildman–Crippen MR) is 146 cm³/mol. The van der Waals surface area contributed by atoms with Gasteiger partial charge < -0.3 is 14.4 Å². The van der Waals surface area contributed by atoms with Crippen LogP contribution in [0.25, 0.3) is 0 Å². The summed E-state index contributed by atoms with van der Waals surface area (Å²) in [5.74, 6) is -0.658. The molecule has 196 valence electrons. The van der Waals surface area contributed by atoms with Gasteiger partial charge in [-0.1, -0.05) is 67.4 Å². The number of halogens is 2. The number of rotatable bonds is 7. The number of carbonyl (C=O) groups excluding carboxylic acids is 1. The van der Waals surface area contributed by atoms with Crippen LogP contribution >= 0.6 is 23.2 Å². The second-order valence-corrected chi connectivity index (χ2v) is 11.6. The van der Waals surface area contributed by atoms with E-state index in [0.717, 1.165) is 11.1 Å². The van der Waals surface area contributed by atoms with Gasteiger partial charge in [0.25, 0.3) is 0 Å². The lowest BCUT2D eigenvalue weighted by Gasteiger charge is -2.52. The van der Waals surface area contributed by atoms with E-state index in [4.69, 9.17) is 32.7 Å². The molecule has 0 saturated carbocycles. The van der Waals surface area contributed by atoms with Gasteiger partial charge in [0.1, 0.15) is 0 Å². The highest BCUT2D eigenvalue weighted by molar-refractivity contribution is 6.30. The first kappa shape index (κ1) is 27.7. The minimum Gasteiger partial charge on any atom is -0.348 e. The van der Waals surface area contributed by atoms with Crippen molar-refractivity contribution in [1.29, 1.82) is 5.26 Å². The molecule has 0 bridgehead atoms. The van der Waals surface area contributed by atoms with Crippen molar-refractivity contribution in [2.75, 3.05) is 6.61 Å². The minimum atomic E-state index is -0.710. The number of likely N-dealkylation sites (tertiary alicyclic amines) is 1. The van der Waals surface area contributed by atoms with Crippen LogP contribution in [0.15, 0.2) is 60.7 Å². The molecule has 0 N–H and O–H groups in total. The highest BCUT2D eigenvalue weighted by atomic mass is 35.5. The Morgan fingerprint density at radius 2 is 1.86 bits per heavy atom. The maximum absolute atomic E-state index is 14.5. The molecule has 2 heterocycles. The second-order valence-electron chi connectivity index (χ2n) is 10.8. The van der Waals surface area contributed by atoms with Crippen molar-refractivity contribution in [3.05, 3.63) is 81.9 Å². The van der Waals surface area contributed by atoms with E-state index in [0.29, 0.717) is 35.9 Å². The Bertz CT molecular complexity index is 1190. The van der Waals surface area contributed by atoms with Gasteiger partial charge in [0.2, 0.25) is 5.91 Å². The van der Waals surface area contributed by atoms with E-state index in [2.05, 4.69) is 12.1 Å². The summed E-state index contributed by atoms with van der Waals surface area (Å²) in [6.45, 7) is 8.32. The molecule has 2 aromatic rings. The summed E-state index contributed by atoms with van der Waals surface area (Å²) >= 11 is 12.7. The smallest absolute Gasteiger partial charge is 0.229 e. The van der Waals surface area contributed by atoms with E-state index >= 15 is 0 Å². The lowest BCUT2D eigenvalue weighted by atomic mass is 9.66. The maximum atomic E-state index is 14.5. The molecule has 7 heteroatoms. The zero-order chi connectivity index (χ0) is 26.8. The standard InChI is InChI=1S/C30H34Cl2N2O3/c1-5-24(10-7-15-33)34-27(20-11-13-22(31)14-12-20)26(21-8-6-9-23(32)16-21)18-30(4,28(34)35)17-25-19-36-29(2,3)37-25/h6-14,16,24-27H,5,17-19H2,1-4H3/t24?,25?,26-,27-,30+/m1/s1. The van der Waals surface area contributed by atoms with E-state index in [1.807, 2.05) is 81.1 Å². The number of hydrogen-bond acceptors (Lipinski definition) is 4. The molecule has 0 spiro atoms. The van der Waals surface area contributed by atoms with Crippen LogP contribution in [0, 0.1) is 16.7 Å². The van der Waals surface area contributed by atoms with Gasteiger partial charge in [0.05, 0.1) is 30.9 Å². The van der Waals surface area contributed by atoms with Crippen molar-refractivity contribution < 1.29 is 14.3 Å². The van der Waals surface area contributed by atoms with Gasteiger partial charge in [-0.3, -0.25) is 4.79 Å². The maximum Gasteiger partial charge on any atom is 0.229 e.